The van der Waals surface area contributed by atoms with Crippen LogP contribution in [-0.2, 0) is 9.59 Å². The molecule has 6 heteroatoms. The van der Waals surface area contributed by atoms with Crippen molar-refractivity contribution in [3.05, 3.63) is 18.3 Å². The molecule has 1 atom stereocenters. The fraction of sp³-hybridized carbons (Fsp3) is 0.562. The van der Waals surface area contributed by atoms with E-state index in [4.69, 9.17) is 5.73 Å². The van der Waals surface area contributed by atoms with Crippen LogP contribution >= 0.6 is 0 Å². The zero-order chi connectivity index (χ0) is 16.3. The van der Waals surface area contributed by atoms with Crippen molar-refractivity contribution < 1.29 is 9.59 Å². The summed E-state index contributed by atoms with van der Waals surface area (Å²) in [7, 11) is 0. The van der Waals surface area contributed by atoms with Crippen LogP contribution < -0.4 is 11.1 Å². The molecule has 1 aromatic heterocycles. The van der Waals surface area contributed by atoms with E-state index in [9.17, 15) is 9.59 Å². The maximum absolute atomic E-state index is 12.4. The molecule has 22 heavy (non-hydrogen) atoms. The fourth-order valence-corrected chi connectivity index (χ4v) is 2.60. The average Bonchev–Trinajstić information content (AvgIpc) is 2.89. The first kappa shape index (κ1) is 16.3. The SMILES string of the molecule is CC(C)(C)CC(=O)N1CCCC1C(=O)Nc1ccc(N)nc1. The lowest BCUT2D eigenvalue weighted by molar-refractivity contribution is -0.138. The molecular formula is C16H24N4O2. The minimum Gasteiger partial charge on any atom is -0.384 e. The Balaban J connectivity index is 2.01. The molecule has 2 rings (SSSR count). The third-order valence-electron chi connectivity index (χ3n) is 3.61. The summed E-state index contributed by atoms with van der Waals surface area (Å²) in [5.41, 5.74) is 6.03. The van der Waals surface area contributed by atoms with Gasteiger partial charge in [0.25, 0.3) is 0 Å². The van der Waals surface area contributed by atoms with Gasteiger partial charge in [0.2, 0.25) is 11.8 Å². The molecule has 120 valence electrons. The van der Waals surface area contributed by atoms with Gasteiger partial charge in [0.1, 0.15) is 11.9 Å². The minimum atomic E-state index is -0.396. The highest BCUT2D eigenvalue weighted by Gasteiger charge is 2.35. The van der Waals surface area contributed by atoms with Crippen molar-refractivity contribution in [1.29, 1.82) is 0 Å². The molecule has 3 N–H and O–H groups in total. The number of rotatable bonds is 3. The van der Waals surface area contributed by atoms with Gasteiger partial charge in [-0.25, -0.2) is 4.98 Å². The third kappa shape index (κ3) is 4.19. The topological polar surface area (TPSA) is 88.3 Å². The first-order valence-electron chi connectivity index (χ1n) is 7.58. The minimum absolute atomic E-state index is 0.0422. The smallest absolute Gasteiger partial charge is 0.247 e. The summed E-state index contributed by atoms with van der Waals surface area (Å²) in [4.78, 5) is 30.4. The molecule has 6 nitrogen and oxygen atoms in total. The number of nitrogens with zero attached hydrogens (tertiary/aromatic N) is 2. The van der Waals surface area contributed by atoms with Gasteiger partial charge >= 0.3 is 0 Å². The Kier molecular flexibility index (Phi) is 4.68. The van der Waals surface area contributed by atoms with Gasteiger partial charge in [0.05, 0.1) is 11.9 Å². The molecule has 1 aromatic rings. The zero-order valence-electron chi connectivity index (χ0n) is 13.4. The summed E-state index contributed by atoms with van der Waals surface area (Å²) < 4.78 is 0. The van der Waals surface area contributed by atoms with Crippen LogP contribution in [0.15, 0.2) is 18.3 Å². The molecule has 2 amide bonds. The monoisotopic (exact) mass is 304 g/mol. The van der Waals surface area contributed by atoms with Crippen molar-refractivity contribution in [2.45, 2.75) is 46.1 Å². The largest absolute Gasteiger partial charge is 0.384 e. The van der Waals surface area contributed by atoms with Gasteiger partial charge in [-0.05, 0) is 30.4 Å². The van der Waals surface area contributed by atoms with E-state index in [0.717, 1.165) is 6.42 Å². The van der Waals surface area contributed by atoms with E-state index in [-0.39, 0.29) is 17.2 Å². The fourth-order valence-electron chi connectivity index (χ4n) is 2.60. The van der Waals surface area contributed by atoms with E-state index in [0.29, 0.717) is 30.9 Å². The molecule has 0 bridgehead atoms. The number of nitrogen functional groups attached to an aromatic ring is 1. The number of hydrogen-bond donors (Lipinski definition) is 2. The van der Waals surface area contributed by atoms with E-state index >= 15 is 0 Å². The van der Waals surface area contributed by atoms with Crippen molar-refractivity contribution in [2.75, 3.05) is 17.6 Å². The normalized spacial score (nSPS) is 18.3. The summed E-state index contributed by atoms with van der Waals surface area (Å²) in [6.07, 6.45) is 3.52. The van der Waals surface area contributed by atoms with Crippen molar-refractivity contribution in [2.24, 2.45) is 5.41 Å². The van der Waals surface area contributed by atoms with E-state index < -0.39 is 6.04 Å². The Hall–Kier alpha value is -2.11. The number of amides is 2. The molecule has 0 aliphatic carbocycles. The van der Waals surface area contributed by atoms with Crippen LogP contribution in [0.25, 0.3) is 0 Å². The van der Waals surface area contributed by atoms with E-state index in [1.54, 1.807) is 17.0 Å². The molecule has 0 saturated carbocycles. The van der Waals surface area contributed by atoms with Gasteiger partial charge in [-0.1, -0.05) is 20.8 Å². The molecule has 1 aliphatic rings. The number of aromatic nitrogens is 1. The van der Waals surface area contributed by atoms with E-state index in [1.165, 1.54) is 6.20 Å². The number of carbonyl (C=O) groups excluding carboxylic acids is 2. The second-order valence-corrected chi connectivity index (χ2v) is 6.94. The number of anilines is 2. The Labute approximate surface area is 131 Å². The molecule has 1 unspecified atom stereocenters. The van der Waals surface area contributed by atoms with Crippen molar-refractivity contribution in [3.63, 3.8) is 0 Å². The Morgan fingerprint density at radius 1 is 1.41 bits per heavy atom. The molecule has 1 saturated heterocycles. The Bertz CT molecular complexity index is 548. The predicted octanol–water partition coefficient (Wildman–Crippen LogP) is 2.03. The average molecular weight is 304 g/mol. The summed E-state index contributed by atoms with van der Waals surface area (Å²) in [5.74, 6) is 0.285. The second kappa shape index (κ2) is 6.34. The number of likely N-dealkylation sites (tertiary alicyclic amines) is 1. The van der Waals surface area contributed by atoms with Crippen LogP contribution in [0.5, 0.6) is 0 Å². The van der Waals surface area contributed by atoms with Crippen LogP contribution in [0, 0.1) is 5.41 Å². The summed E-state index contributed by atoms with van der Waals surface area (Å²) >= 11 is 0. The number of pyridine rings is 1. The van der Waals surface area contributed by atoms with E-state index in [1.807, 2.05) is 20.8 Å². The highest BCUT2D eigenvalue weighted by atomic mass is 16.2. The molecular weight excluding hydrogens is 280 g/mol. The maximum Gasteiger partial charge on any atom is 0.247 e. The van der Waals surface area contributed by atoms with Gasteiger partial charge in [0.15, 0.2) is 0 Å². The lowest BCUT2D eigenvalue weighted by Crippen LogP contribution is -2.44. The van der Waals surface area contributed by atoms with Gasteiger partial charge in [-0.2, -0.15) is 0 Å². The highest BCUT2D eigenvalue weighted by Crippen LogP contribution is 2.25. The third-order valence-corrected chi connectivity index (χ3v) is 3.61. The Morgan fingerprint density at radius 3 is 2.73 bits per heavy atom. The molecule has 0 radical (unpaired) electrons. The number of hydrogen-bond acceptors (Lipinski definition) is 4. The van der Waals surface area contributed by atoms with Crippen molar-refractivity contribution in [3.8, 4) is 0 Å². The molecule has 2 heterocycles. The summed E-state index contributed by atoms with van der Waals surface area (Å²) in [6.45, 7) is 6.72. The number of nitrogens with one attached hydrogen (secondary N) is 1. The van der Waals surface area contributed by atoms with Gasteiger partial charge in [-0.15, -0.1) is 0 Å². The lowest BCUT2D eigenvalue weighted by Gasteiger charge is -2.27. The standard InChI is InChI=1S/C16H24N4O2/c1-16(2,3)9-14(21)20-8-4-5-12(20)15(22)19-11-6-7-13(17)18-10-11/h6-7,10,12H,4-5,8-9H2,1-3H3,(H2,17,18)(H,19,22). The van der Waals surface area contributed by atoms with Gasteiger partial charge in [-0.3, -0.25) is 9.59 Å². The maximum atomic E-state index is 12.4. The summed E-state index contributed by atoms with van der Waals surface area (Å²) in [5, 5.41) is 2.81. The molecule has 1 aliphatic heterocycles. The highest BCUT2D eigenvalue weighted by molar-refractivity contribution is 5.97. The summed E-state index contributed by atoms with van der Waals surface area (Å²) in [6, 6.07) is 2.94. The van der Waals surface area contributed by atoms with Gasteiger partial charge in [0, 0.05) is 13.0 Å². The van der Waals surface area contributed by atoms with Crippen LogP contribution in [0.1, 0.15) is 40.0 Å². The second-order valence-electron chi connectivity index (χ2n) is 6.94. The lowest BCUT2D eigenvalue weighted by atomic mass is 9.91. The molecule has 1 fully saturated rings. The van der Waals surface area contributed by atoms with Crippen LogP contribution in [0.2, 0.25) is 0 Å². The number of nitrogens with two attached hydrogens (primary N) is 1. The van der Waals surface area contributed by atoms with Crippen molar-refractivity contribution >= 4 is 23.3 Å². The predicted molar refractivity (Wildman–Crippen MR) is 86.1 cm³/mol. The van der Waals surface area contributed by atoms with Crippen LogP contribution in [0.4, 0.5) is 11.5 Å². The first-order valence-corrected chi connectivity index (χ1v) is 7.58. The van der Waals surface area contributed by atoms with Crippen LogP contribution in [0.3, 0.4) is 0 Å². The van der Waals surface area contributed by atoms with Crippen LogP contribution in [-0.4, -0.2) is 34.3 Å². The first-order chi connectivity index (χ1) is 10.3. The quantitative estimate of drug-likeness (QED) is 0.894. The van der Waals surface area contributed by atoms with Gasteiger partial charge < -0.3 is 16.0 Å². The number of carbonyl (C=O) groups is 2. The van der Waals surface area contributed by atoms with Crippen molar-refractivity contribution in [1.82, 2.24) is 9.88 Å². The molecule has 0 aromatic carbocycles. The zero-order valence-corrected chi connectivity index (χ0v) is 13.4. The molecule has 0 spiro atoms. The van der Waals surface area contributed by atoms with E-state index in [2.05, 4.69) is 10.3 Å². The Morgan fingerprint density at radius 2 is 2.14 bits per heavy atom.